The highest BCUT2D eigenvalue weighted by Crippen LogP contribution is 2.40. The Hall–Kier alpha value is -3.02. The number of halogens is 2. The fraction of sp³-hybridized carbons (Fsp3) is 0.200. The van der Waals surface area contributed by atoms with Gasteiger partial charge in [-0.3, -0.25) is 4.79 Å². The van der Waals surface area contributed by atoms with Crippen molar-refractivity contribution in [2.45, 2.75) is 31.5 Å². The first kappa shape index (κ1) is 22.2. The number of ether oxygens (including phenoxy) is 1. The van der Waals surface area contributed by atoms with Crippen molar-refractivity contribution >= 4 is 35.1 Å². The molecule has 2 unspecified atom stereocenters. The van der Waals surface area contributed by atoms with Crippen molar-refractivity contribution in [3.05, 3.63) is 99.5 Å². The van der Waals surface area contributed by atoms with Crippen molar-refractivity contribution in [1.82, 2.24) is 4.90 Å². The van der Waals surface area contributed by atoms with Gasteiger partial charge in [0.1, 0.15) is 18.4 Å². The summed E-state index contributed by atoms with van der Waals surface area (Å²) in [6.45, 7) is 0.343. The number of carbonyl (C=O) groups excluding carboxylic acids is 1. The van der Waals surface area contributed by atoms with Gasteiger partial charge in [-0.25, -0.2) is 4.79 Å². The standard InChI is InChI=1S/C25H21Cl2NO4/c26-18-5-3-4-16(14-18)15-32-19-10-8-17(9-11-19)24(29)28-22(12-13-23(28)25(30)31)20-6-1-2-7-21(20)27/h1-11,14,22-23H,12-13,15H2,(H,30,31). The van der Waals surface area contributed by atoms with Gasteiger partial charge in [-0.2, -0.15) is 0 Å². The highest BCUT2D eigenvalue weighted by molar-refractivity contribution is 6.31. The molecule has 7 heteroatoms. The van der Waals surface area contributed by atoms with Crippen LogP contribution in [0.3, 0.4) is 0 Å². The van der Waals surface area contributed by atoms with Gasteiger partial charge in [-0.05, 0) is 66.4 Å². The third kappa shape index (κ3) is 4.74. The number of hydrogen-bond donors (Lipinski definition) is 1. The van der Waals surface area contributed by atoms with Crippen LogP contribution in [-0.4, -0.2) is 27.9 Å². The molecule has 32 heavy (non-hydrogen) atoms. The zero-order chi connectivity index (χ0) is 22.7. The van der Waals surface area contributed by atoms with Crippen LogP contribution in [0, 0.1) is 0 Å². The Morgan fingerprint density at radius 1 is 0.969 bits per heavy atom. The van der Waals surface area contributed by atoms with E-state index < -0.39 is 18.1 Å². The fourth-order valence-electron chi connectivity index (χ4n) is 4.02. The van der Waals surface area contributed by atoms with Crippen molar-refractivity contribution in [1.29, 1.82) is 0 Å². The average Bonchev–Trinajstić information content (AvgIpc) is 3.23. The minimum Gasteiger partial charge on any atom is -0.489 e. The summed E-state index contributed by atoms with van der Waals surface area (Å²) in [5.74, 6) is -0.768. The lowest BCUT2D eigenvalue weighted by Crippen LogP contribution is -2.41. The van der Waals surface area contributed by atoms with Crippen LogP contribution in [0.1, 0.15) is 40.4 Å². The zero-order valence-corrected chi connectivity index (χ0v) is 18.6. The molecule has 1 saturated heterocycles. The second-order valence-corrected chi connectivity index (χ2v) is 8.47. The van der Waals surface area contributed by atoms with E-state index in [0.717, 1.165) is 11.1 Å². The first-order valence-corrected chi connectivity index (χ1v) is 11.0. The highest BCUT2D eigenvalue weighted by atomic mass is 35.5. The van der Waals surface area contributed by atoms with Crippen molar-refractivity contribution in [2.24, 2.45) is 0 Å². The lowest BCUT2D eigenvalue weighted by molar-refractivity contribution is -0.141. The molecule has 1 heterocycles. The van der Waals surface area contributed by atoms with E-state index >= 15 is 0 Å². The summed E-state index contributed by atoms with van der Waals surface area (Å²) in [6, 6.07) is 20.0. The summed E-state index contributed by atoms with van der Waals surface area (Å²) in [7, 11) is 0. The molecule has 1 amide bonds. The van der Waals surface area contributed by atoms with Gasteiger partial charge >= 0.3 is 5.97 Å². The van der Waals surface area contributed by atoms with Crippen LogP contribution in [0.5, 0.6) is 5.75 Å². The minimum atomic E-state index is -1.02. The third-order valence-corrected chi connectivity index (χ3v) is 6.14. The molecule has 0 aliphatic carbocycles. The number of hydrogen-bond acceptors (Lipinski definition) is 3. The summed E-state index contributed by atoms with van der Waals surface area (Å²) >= 11 is 12.3. The molecule has 1 aliphatic heterocycles. The molecule has 0 radical (unpaired) electrons. The van der Waals surface area contributed by atoms with Gasteiger partial charge in [0, 0.05) is 15.6 Å². The summed E-state index contributed by atoms with van der Waals surface area (Å²) in [5.41, 5.74) is 2.08. The van der Waals surface area contributed by atoms with E-state index in [4.69, 9.17) is 27.9 Å². The van der Waals surface area contributed by atoms with Crippen molar-refractivity contribution in [3.8, 4) is 5.75 Å². The molecular weight excluding hydrogens is 449 g/mol. The Bertz CT molecular complexity index is 1130. The molecule has 5 nitrogen and oxygen atoms in total. The number of amides is 1. The molecule has 0 saturated carbocycles. The Morgan fingerprint density at radius 2 is 1.72 bits per heavy atom. The van der Waals surface area contributed by atoms with E-state index in [1.807, 2.05) is 36.4 Å². The maximum absolute atomic E-state index is 13.3. The predicted octanol–water partition coefficient (Wildman–Crippen LogP) is 6.00. The van der Waals surface area contributed by atoms with Crippen molar-refractivity contribution in [2.75, 3.05) is 0 Å². The van der Waals surface area contributed by atoms with Gasteiger partial charge in [-0.1, -0.05) is 53.5 Å². The smallest absolute Gasteiger partial charge is 0.326 e. The van der Waals surface area contributed by atoms with Gasteiger partial charge in [-0.15, -0.1) is 0 Å². The van der Waals surface area contributed by atoms with Gasteiger partial charge < -0.3 is 14.7 Å². The van der Waals surface area contributed by atoms with Crippen LogP contribution in [0.4, 0.5) is 0 Å². The van der Waals surface area contributed by atoms with E-state index in [2.05, 4.69) is 0 Å². The lowest BCUT2D eigenvalue weighted by Gasteiger charge is -2.29. The first-order valence-electron chi connectivity index (χ1n) is 10.2. The second-order valence-electron chi connectivity index (χ2n) is 7.62. The van der Waals surface area contributed by atoms with E-state index in [9.17, 15) is 14.7 Å². The number of carboxylic acids is 1. The quantitative estimate of drug-likeness (QED) is 0.480. The van der Waals surface area contributed by atoms with Gasteiger partial charge in [0.05, 0.1) is 6.04 Å². The molecule has 164 valence electrons. The molecule has 1 aliphatic rings. The van der Waals surface area contributed by atoms with E-state index in [0.29, 0.717) is 40.8 Å². The highest BCUT2D eigenvalue weighted by Gasteiger charge is 2.42. The van der Waals surface area contributed by atoms with Crippen LogP contribution < -0.4 is 4.74 Å². The normalized spacial score (nSPS) is 17.9. The van der Waals surface area contributed by atoms with Crippen LogP contribution in [-0.2, 0) is 11.4 Å². The molecule has 1 fully saturated rings. The molecule has 3 aromatic carbocycles. The zero-order valence-electron chi connectivity index (χ0n) is 17.1. The number of aliphatic carboxylic acids is 1. The molecule has 1 N–H and O–H groups in total. The van der Waals surface area contributed by atoms with E-state index in [1.165, 1.54) is 4.90 Å². The molecule has 0 bridgehead atoms. The number of nitrogens with zero attached hydrogens (tertiary/aromatic N) is 1. The SMILES string of the molecule is O=C(O)C1CCC(c2ccccc2Cl)N1C(=O)c1ccc(OCc2cccc(Cl)c2)cc1. The fourth-order valence-corrected chi connectivity index (χ4v) is 4.50. The van der Waals surface area contributed by atoms with E-state index in [-0.39, 0.29) is 5.91 Å². The minimum absolute atomic E-state index is 0.343. The van der Waals surface area contributed by atoms with Gasteiger partial charge in [0.15, 0.2) is 0 Å². The Kier molecular flexibility index (Phi) is 6.68. The van der Waals surface area contributed by atoms with Gasteiger partial charge in [0.2, 0.25) is 0 Å². The summed E-state index contributed by atoms with van der Waals surface area (Å²) in [6.07, 6.45) is 0.908. The van der Waals surface area contributed by atoms with Crippen molar-refractivity contribution in [3.63, 3.8) is 0 Å². The van der Waals surface area contributed by atoms with E-state index in [1.54, 1.807) is 36.4 Å². The summed E-state index contributed by atoms with van der Waals surface area (Å²) in [5, 5.41) is 10.9. The molecular formula is C25H21Cl2NO4. The van der Waals surface area contributed by atoms with Crippen molar-refractivity contribution < 1.29 is 19.4 Å². The number of benzene rings is 3. The van der Waals surface area contributed by atoms with Crippen LogP contribution >= 0.6 is 23.2 Å². The Labute approximate surface area is 196 Å². The van der Waals surface area contributed by atoms with Crippen LogP contribution in [0.15, 0.2) is 72.8 Å². The maximum atomic E-state index is 13.3. The number of carboxylic acid groups (broad SMARTS) is 1. The molecule has 0 aromatic heterocycles. The number of rotatable bonds is 6. The number of carbonyl (C=O) groups is 2. The average molecular weight is 470 g/mol. The number of likely N-dealkylation sites (tertiary alicyclic amines) is 1. The van der Waals surface area contributed by atoms with Gasteiger partial charge in [0.25, 0.3) is 5.91 Å². The Morgan fingerprint density at radius 3 is 2.41 bits per heavy atom. The lowest BCUT2D eigenvalue weighted by atomic mass is 10.0. The third-order valence-electron chi connectivity index (χ3n) is 5.56. The molecule has 3 aromatic rings. The van der Waals surface area contributed by atoms with Crippen LogP contribution in [0.2, 0.25) is 10.0 Å². The maximum Gasteiger partial charge on any atom is 0.326 e. The second kappa shape index (κ2) is 9.63. The van der Waals surface area contributed by atoms with Crippen LogP contribution in [0.25, 0.3) is 0 Å². The topological polar surface area (TPSA) is 66.8 Å². The summed E-state index contributed by atoms with van der Waals surface area (Å²) < 4.78 is 5.78. The summed E-state index contributed by atoms with van der Waals surface area (Å²) in [4.78, 5) is 26.6. The largest absolute Gasteiger partial charge is 0.489 e. The Balaban J connectivity index is 1.53. The molecule has 2 atom stereocenters. The molecule has 0 spiro atoms. The molecule has 4 rings (SSSR count). The monoisotopic (exact) mass is 469 g/mol. The first-order chi connectivity index (χ1) is 15.4. The predicted molar refractivity (Wildman–Crippen MR) is 123 cm³/mol.